The fourth-order valence-corrected chi connectivity index (χ4v) is 2.21. The lowest BCUT2D eigenvalue weighted by molar-refractivity contribution is -0.119. The predicted molar refractivity (Wildman–Crippen MR) is 75.2 cm³/mol. The van der Waals surface area contributed by atoms with Crippen molar-refractivity contribution in [1.29, 1.82) is 0 Å². The monoisotopic (exact) mass is 278 g/mol. The molecule has 1 N–H and O–H groups in total. The number of amides is 2. The van der Waals surface area contributed by atoms with Gasteiger partial charge in [-0.2, -0.15) is 0 Å². The van der Waals surface area contributed by atoms with Gasteiger partial charge < -0.3 is 14.4 Å². The van der Waals surface area contributed by atoms with Gasteiger partial charge in [0.05, 0.1) is 19.9 Å². The van der Waals surface area contributed by atoms with E-state index < -0.39 is 6.09 Å². The number of carbonyl (C=O) groups is 2. The van der Waals surface area contributed by atoms with E-state index in [1.807, 2.05) is 0 Å². The second kappa shape index (κ2) is 6.27. The molecule has 1 fully saturated rings. The first kappa shape index (κ1) is 14.2. The number of piperidine rings is 1. The number of rotatable bonds is 3. The van der Waals surface area contributed by atoms with E-state index in [-0.39, 0.29) is 5.91 Å². The van der Waals surface area contributed by atoms with Crippen LogP contribution in [0.4, 0.5) is 16.2 Å². The van der Waals surface area contributed by atoms with Crippen LogP contribution in [0.1, 0.15) is 19.3 Å². The zero-order valence-electron chi connectivity index (χ0n) is 11.6. The number of anilines is 2. The fourth-order valence-electron chi connectivity index (χ4n) is 2.21. The third-order valence-corrected chi connectivity index (χ3v) is 3.22. The molecule has 0 radical (unpaired) electrons. The van der Waals surface area contributed by atoms with Crippen LogP contribution in [0.5, 0.6) is 5.75 Å². The maximum atomic E-state index is 12.0. The SMILES string of the molecule is COC(=O)Nc1ccc(OC)c(N2CCCCC2=O)c1. The summed E-state index contributed by atoms with van der Waals surface area (Å²) in [6.07, 6.45) is 1.87. The van der Waals surface area contributed by atoms with Crippen molar-refractivity contribution < 1.29 is 19.1 Å². The molecule has 0 unspecified atom stereocenters. The molecule has 2 rings (SSSR count). The maximum absolute atomic E-state index is 12.0. The molecular weight excluding hydrogens is 260 g/mol. The Labute approximate surface area is 117 Å². The standard InChI is InChI=1S/C14H18N2O4/c1-19-12-7-6-10(15-14(18)20-2)9-11(12)16-8-4-3-5-13(16)17/h6-7,9H,3-5,8H2,1-2H3,(H,15,18). The number of hydrogen-bond donors (Lipinski definition) is 1. The first-order valence-corrected chi connectivity index (χ1v) is 6.49. The van der Waals surface area contributed by atoms with Crippen LogP contribution in [-0.2, 0) is 9.53 Å². The summed E-state index contributed by atoms with van der Waals surface area (Å²) in [5, 5.41) is 2.58. The molecule has 2 amide bonds. The van der Waals surface area contributed by atoms with Crippen molar-refractivity contribution >= 4 is 23.4 Å². The molecule has 1 heterocycles. The van der Waals surface area contributed by atoms with Gasteiger partial charge >= 0.3 is 6.09 Å². The summed E-state index contributed by atoms with van der Waals surface area (Å²) in [4.78, 5) is 25.0. The van der Waals surface area contributed by atoms with Crippen molar-refractivity contribution in [2.45, 2.75) is 19.3 Å². The zero-order chi connectivity index (χ0) is 14.5. The van der Waals surface area contributed by atoms with Gasteiger partial charge in [0.25, 0.3) is 0 Å². The quantitative estimate of drug-likeness (QED) is 0.921. The van der Waals surface area contributed by atoms with Crippen LogP contribution in [0.2, 0.25) is 0 Å². The molecule has 6 heteroatoms. The van der Waals surface area contributed by atoms with Crippen molar-refractivity contribution in [2.24, 2.45) is 0 Å². The maximum Gasteiger partial charge on any atom is 0.411 e. The summed E-state index contributed by atoms with van der Waals surface area (Å²) in [6, 6.07) is 5.15. The third-order valence-electron chi connectivity index (χ3n) is 3.22. The minimum atomic E-state index is -0.550. The summed E-state index contributed by atoms with van der Waals surface area (Å²) < 4.78 is 9.85. The van der Waals surface area contributed by atoms with E-state index in [0.29, 0.717) is 30.1 Å². The van der Waals surface area contributed by atoms with Crippen LogP contribution in [0.15, 0.2) is 18.2 Å². The van der Waals surface area contributed by atoms with Gasteiger partial charge in [0, 0.05) is 18.7 Å². The van der Waals surface area contributed by atoms with Crippen LogP contribution < -0.4 is 15.0 Å². The Kier molecular flexibility index (Phi) is 4.45. The Morgan fingerprint density at radius 3 is 2.75 bits per heavy atom. The van der Waals surface area contributed by atoms with E-state index in [1.54, 1.807) is 30.2 Å². The lowest BCUT2D eigenvalue weighted by Gasteiger charge is -2.28. The van der Waals surface area contributed by atoms with Gasteiger partial charge in [0.1, 0.15) is 5.75 Å². The molecule has 0 aliphatic carbocycles. The first-order valence-electron chi connectivity index (χ1n) is 6.49. The van der Waals surface area contributed by atoms with E-state index in [4.69, 9.17) is 4.74 Å². The predicted octanol–water partition coefficient (Wildman–Crippen LogP) is 2.39. The number of hydrogen-bond acceptors (Lipinski definition) is 4. The van der Waals surface area contributed by atoms with E-state index in [1.165, 1.54) is 7.11 Å². The highest BCUT2D eigenvalue weighted by molar-refractivity contribution is 5.97. The van der Waals surface area contributed by atoms with Gasteiger partial charge in [-0.15, -0.1) is 0 Å². The molecule has 6 nitrogen and oxygen atoms in total. The van der Waals surface area contributed by atoms with Crippen LogP contribution >= 0.6 is 0 Å². The smallest absolute Gasteiger partial charge is 0.411 e. The summed E-state index contributed by atoms with van der Waals surface area (Å²) in [5.41, 5.74) is 1.23. The average Bonchev–Trinajstić information content (AvgIpc) is 2.47. The normalized spacial score (nSPS) is 14.9. The molecule has 0 saturated carbocycles. The second-order valence-corrected chi connectivity index (χ2v) is 4.51. The van der Waals surface area contributed by atoms with Gasteiger partial charge in [-0.05, 0) is 31.0 Å². The van der Waals surface area contributed by atoms with Gasteiger partial charge in [-0.1, -0.05) is 0 Å². The summed E-state index contributed by atoms with van der Waals surface area (Å²) in [6.45, 7) is 0.664. The number of nitrogens with one attached hydrogen (secondary N) is 1. The number of carbonyl (C=O) groups excluding carboxylic acids is 2. The van der Waals surface area contributed by atoms with Gasteiger partial charge in [-0.3, -0.25) is 10.1 Å². The fraction of sp³-hybridized carbons (Fsp3) is 0.429. The Morgan fingerprint density at radius 1 is 1.30 bits per heavy atom. The van der Waals surface area contributed by atoms with E-state index >= 15 is 0 Å². The molecule has 1 saturated heterocycles. The molecule has 1 aliphatic heterocycles. The number of ether oxygens (including phenoxy) is 2. The van der Waals surface area contributed by atoms with Gasteiger partial charge in [0.2, 0.25) is 5.91 Å². The highest BCUT2D eigenvalue weighted by atomic mass is 16.5. The Bertz CT molecular complexity index is 516. The minimum Gasteiger partial charge on any atom is -0.495 e. The molecule has 0 atom stereocenters. The third kappa shape index (κ3) is 3.01. The van der Waals surface area contributed by atoms with Crippen molar-refractivity contribution in [3.8, 4) is 5.75 Å². The Morgan fingerprint density at radius 2 is 2.10 bits per heavy atom. The molecule has 0 bridgehead atoms. The molecule has 1 aliphatic rings. The average molecular weight is 278 g/mol. The summed E-state index contributed by atoms with van der Waals surface area (Å²) in [5.74, 6) is 0.681. The summed E-state index contributed by atoms with van der Waals surface area (Å²) in [7, 11) is 2.86. The van der Waals surface area contributed by atoms with Gasteiger partial charge in [0.15, 0.2) is 0 Å². The second-order valence-electron chi connectivity index (χ2n) is 4.51. The van der Waals surface area contributed by atoms with Crippen LogP contribution in [0.25, 0.3) is 0 Å². The molecule has 1 aromatic rings. The van der Waals surface area contributed by atoms with Crippen LogP contribution in [-0.4, -0.2) is 32.8 Å². The minimum absolute atomic E-state index is 0.0739. The van der Waals surface area contributed by atoms with Crippen molar-refractivity contribution in [3.63, 3.8) is 0 Å². The van der Waals surface area contributed by atoms with Crippen LogP contribution in [0.3, 0.4) is 0 Å². The highest BCUT2D eigenvalue weighted by Crippen LogP contribution is 2.33. The van der Waals surface area contributed by atoms with Gasteiger partial charge in [-0.25, -0.2) is 4.79 Å². The van der Waals surface area contributed by atoms with Crippen molar-refractivity contribution in [1.82, 2.24) is 0 Å². The topological polar surface area (TPSA) is 67.9 Å². The zero-order valence-corrected chi connectivity index (χ0v) is 11.6. The Balaban J connectivity index is 2.30. The van der Waals surface area contributed by atoms with Crippen molar-refractivity contribution in [3.05, 3.63) is 18.2 Å². The highest BCUT2D eigenvalue weighted by Gasteiger charge is 2.23. The van der Waals surface area contributed by atoms with E-state index in [0.717, 1.165) is 12.8 Å². The molecule has 20 heavy (non-hydrogen) atoms. The lowest BCUT2D eigenvalue weighted by Crippen LogP contribution is -2.35. The van der Waals surface area contributed by atoms with E-state index in [2.05, 4.69) is 10.1 Å². The largest absolute Gasteiger partial charge is 0.495 e. The Hall–Kier alpha value is -2.24. The molecule has 108 valence electrons. The lowest BCUT2D eigenvalue weighted by atomic mass is 10.1. The molecule has 0 spiro atoms. The first-order chi connectivity index (χ1) is 9.65. The number of benzene rings is 1. The number of methoxy groups -OCH3 is 2. The van der Waals surface area contributed by atoms with Crippen molar-refractivity contribution in [2.75, 3.05) is 31.0 Å². The molecule has 1 aromatic carbocycles. The van der Waals surface area contributed by atoms with Crippen LogP contribution in [0, 0.1) is 0 Å². The number of nitrogens with zero attached hydrogens (tertiary/aromatic N) is 1. The molecule has 0 aromatic heterocycles. The summed E-state index contributed by atoms with van der Waals surface area (Å²) >= 11 is 0. The van der Waals surface area contributed by atoms with E-state index in [9.17, 15) is 9.59 Å². The molecular formula is C14H18N2O4.